The Kier molecular flexibility index (Phi) is 9.68. The minimum atomic E-state index is -0.0114. The molecule has 0 aliphatic carbocycles. The standard InChI is InChI=1S/C28H33N3O3S/c1-19(2)28(32)30-16-15-26-27(31-21(4)35-26)23-9-13-25(14-10-23)34-20(3)6-5-17-33-24-11-7-22(18-29)8-12-24/h7-14,19-20H,5-6,15-17H2,1-4H3,(H,30,32). The van der Waals surface area contributed by atoms with Crippen molar-refractivity contribution in [1.82, 2.24) is 10.3 Å². The van der Waals surface area contributed by atoms with Crippen LogP contribution < -0.4 is 14.8 Å². The zero-order valence-electron chi connectivity index (χ0n) is 20.8. The van der Waals surface area contributed by atoms with Gasteiger partial charge in [0, 0.05) is 29.3 Å². The number of aryl methyl sites for hydroxylation is 1. The van der Waals surface area contributed by atoms with E-state index in [9.17, 15) is 4.79 Å². The molecule has 1 amide bonds. The fraction of sp³-hybridized carbons (Fsp3) is 0.393. The van der Waals surface area contributed by atoms with Gasteiger partial charge in [-0.1, -0.05) is 13.8 Å². The predicted molar refractivity (Wildman–Crippen MR) is 140 cm³/mol. The fourth-order valence-corrected chi connectivity index (χ4v) is 4.49. The molecular formula is C28H33N3O3S. The summed E-state index contributed by atoms with van der Waals surface area (Å²) in [4.78, 5) is 17.7. The van der Waals surface area contributed by atoms with E-state index in [2.05, 4.69) is 18.3 Å². The van der Waals surface area contributed by atoms with Crippen LogP contribution in [0.25, 0.3) is 11.3 Å². The third-order valence-corrected chi connectivity index (χ3v) is 6.48. The van der Waals surface area contributed by atoms with Gasteiger partial charge in [-0.15, -0.1) is 11.3 Å². The van der Waals surface area contributed by atoms with E-state index in [0.717, 1.165) is 47.0 Å². The van der Waals surface area contributed by atoms with Crippen LogP contribution in [-0.4, -0.2) is 30.1 Å². The Morgan fingerprint density at radius 3 is 2.43 bits per heavy atom. The lowest BCUT2D eigenvalue weighted by Crippen LogP contribution is -2.29. The summed E-state index contributed by atoms with van der Waals surface area (Å²) < 4.78 is 11.8. The molecule has 0 saturated heterocycles. The molecular weight excluding hydrogens is 458 g/mol. The zero-order valence-corrected chi connectivity index (χ0v) is 21.7. The molecule has 0 aliphatic rings. The Hall–Kier alpha value is -3.37. The minimum absolute atomic E-state index is 0.0114. The minimum Gasteiger partial charge on any atom is -0.494 e. The van der Waals surface area contributed by atoms with Crippen LogP contribution in [0.2, 0.25) is 0 Å². The van der Waals surface area contributed by atoms with E-state index in [-0.39, 0.29) is 17.9 Å². The van der Waals surface area contributed by atoms with Gasteiger partial charge in [-0.25, -0.2) is 4.98 Å². The van der Waals surface area contributed by atoms with Crippen LogP contribution in [0, 0.1) is 24.2 Å². The molecule has 0 bridgehead atoms. The summed E-state index contributed by atoms with van der Waals surface area (Å²) in [6, 6.07) is 17.3. The van der Waals surface area contributed by atoms with E-state index in [0.29, 0.717) is 18.7 Å². The summed E-state index contributed by atoms with van der Waals surface area (Å²) in [6.07, 6.45) is 2.56. The van der Waals surface area contributed by atoms with Gasteiger partial charge in [-0.05, 0) is 75.2 Å². The molecule has 3 rings (SSSR count). The van der Waals surface area contributed by atoms with E-state index in [1.54, 1.807) is 23.5 Å². The monoisotopic (exact) mass is 491 g/mol. The number of aromatic nitrogens is 1. The third kappa shape index (κ3) is 8.11. The average Bonchev–Trinajstić information content (AvgIpc) is 3.22. The molecule has 7 heteroatoms. The van der Waals surface area contributed by atoms with Crippen LogP contribution in [-0.2, 0) is 11.2 Å². The van der Waals surface area contributed by atoms with Gasteiger partial charge in [0.15, 0.2) is 0 Å². The molecule has 1 aromatic heterocycles. The van der Waals surface area contributed by atoms with Crippen molar-refractivity contribution in [1.29, 1.82) is 5.26 Å². The fourth-order valence-electron chi connectivity index (χ4n) is 3.54. The molecule has 0 radical (unpaired) electrons. The summed E-state index contributed by atoms with van der Waals surface area (Å²) in [6.45, 7) is 9.07. The number of carbonyl (C=O) groups is 1. The second-order valence-electron chi connectivity index (χ2n) is 8.78. The molecule has 0 aliphatic heterocycles. The van der Waals surface area contributed by atoms with Crippen molar-refractivity contribution >= 4 is 17.2 Å². The number of benzene rings is 2. The molecule has 0 saturated carbocycles. The number of thiazole rings is 1. The lowest BCUT2D eigenvalue weighted by atomic mass is 10.1. The quantitative estimate of drug-likeness (QED) is 0.317. The van der Waals surface area contributed by atoms with Crippen molar-refractivity contribution < 1.29 is 14.3 Å². The van der Waals surface area contributed by atoms with Crippen molar-refractivity contribution in [3.05, 3.63) is 64.0 Å². The Bertz CT molecular complexity index is 1130. The topological polar surface area (TPSA) is 84.2 Å². The first kappa shape index (κ1) is 26.2. The largest absolute Gasteiger partial charge is 0.494 e. The van der Waals surface area contributed by atoms with E-state index >= 15 is 0 Å². The number of nitrogens with one attached hydrogen (secondary N) is 1. The molecule has 2 aromatic carbocycles. The average molecular weight is 492 g/mol. The van der Waals surface area contributed by atoms with Gasteiger partial charge < -0.3 is 14.8 Å². The number of rotatable bonds is 12. The summed E-state index contributed by atoms with van der Waals surface area (Å²) >= 11 is 1.68. The van der Waals surface area contributed by atoms with Gasteiger partial charge in [0.1, 0.15) is 11.5 Å². The van der Waals surface area contributed by atoms with Crippen molar-refractivity contribution in [2.24, 2.45) is 5.92 Å². The summed E-state index contributed by atoms with van der Waals surface area (Å²) in [5, 5.41) is 12.9. The molecule has 3 aromatic rings. The number of hydrogen-bond acceptors (Lipinski definition) is 6. The number of ether oxygens (including phenoxy) is 2. The summed E-state index contributed by atoms with van der Waals surface area (Å²) in [5.41, 5.74) is 2.66. The highest BCUT2D eigenvalue weighted by atomic mass is 32.1. The second-order valence-corrected chi connectivity index (χ2v) is 10.1. The van der Waals surface area contributed by atoms with E-state index < -0.39 is 0 Å². The molecule has 1 unspecified atom stereocenters. The maximum Gasteiger partial charge on any atom is 0.222 e. The van der Waals surface area contributed by atoms with E-state index in [1.165, 1.54) is 4.88 Å². The van der Waals surface area contributed by atoms with Crippen LogP contribution in [0.1, 0.15) is 49.1 Å². The normalized spacial score (nSPS) is 11.7. The van der Waals surface area contributed by atoms with Crippen LogP contribution in [0.5, 0.6) is 11.5 Å². The molecule has 1 N–H and O–H groups in total. The number of amides is 1. The summed E-state index contributed by atoms with van der Waals surface area (Å²) in [7, 11) is 0. The molecule has 1 atom stereocenters. The van der Waals surface area contributed by atoms with Crippen molar-refractivity contribution in [2.45, 2.75) is 53.1 Å². The SMILES string of the molecule is Cc1nc(-c2ccc(OC(C)CCCOc3ccc(C#N)cc3)cc2)c(CCNC(=O)C(C)C)s1. The first-order valence-electron chi connectivity index (χ1n) is 12.0. The van der Waals surface area contributed by atoms with Crippen molar-refractivity contribution in [3.63, 3.8) is 0 Å². The number of nitrogens with zero attached hydrogens (tertiary/aromatic N) is 2. The van der Waals surface area contributed by atoms with Crippen LogP contribution in [0.15, 0.2) is 48.5 Å². The highest BCUT2D eigenvalue weighted by Crippen LogP contribution is 2.30. The van der Waals surface area contributed by atoms with Gasteiger partial charge in [-0.2, -0.15) is 5.26 Å². The maximum absolute atomic E-state index is 11.8. The summed E-state index contributed by atoms with van der Waals surface area (Å²) in [5.74, 6) is 1.66. The molecule has 184 valence electrons. The molecule has 0 spiro atoms. The first-order valence-corrected chi connectivity index (χ1v) is 12.8. The Morgan fingerprint density at radius 2 is 1.77 bits per heavy atom. The highest BCUT2D eigenvalue weighted by molar-refractivity contribution is 7.12. The smallest absolute Gasteiger partial charge is 0.222 e. The van der Waals surface area contributed by atoms with E-state index in [4.69, 9.17) is 19.7 Å². The number of hydrogen-bond donors (Lipinski definition) is 1. The van der Waals surface area contributed by atoms with Gasteiger partial charge in [0.25, 0.3) is 0 Å². The Balaban J connectivity index is 1.47. The Labute approximate surface area is 211 Å². The zero-order chi connectivity index (χ0) is 25.2. The second kappa shape index (κ2) is 12.9. The highest BCUT2D eigenvalue weighted by Gasteiger charge is 2.13. The van der Waals surface area contributed by atoms with Crippen molar-refractivity contribution in [2.75, 3.05) is 13.2 Å². The molecule has 6 nitrogen and oxygen atoms in total. The van der Waals surface area contributed by atoms with Crippen LogP contribution in [0.4, 0.5) is 0 Å². The number of carbonyl (C=O) groups excluding carboxylic acids is 1. The van der Waals surface area contributed by atoms with Gasteiger partial charge >= 0.3 is 0 Å². The lowest BCUT2D eigenvalue weighted by Gasteiger charge is -2.15. The predicted octanol–water partition coefficient (Wildman–Crippen LogP) is 5.93. The third-order valence-electron chi connectivity index (χ3n) is 5.45. The Morgan fingerprint density at radius 1 is 1.09 bits per heavy atom. The van der Waals surface area contributed by atoms with Gasteiger partial charge in [-0.3, -0.25) is 4.79 Å². The van der Waals surface area contributed by atoms with Crippen LogP contribution >= 0.6 is 11.3 Å². The van der Waals surface area contributed by atoms with Gasteiger partial charge in [0.05, 0.1) is 35.0 Å². The number of nitriles is 1. The first-order chi connectivity index (χ1) is 16.9. The van der Waals surface area contributed by atoms with Crippen LogP contribution in [0.3, 0.4) is 0 Å². The molecule has 35 heavy (non-hydrogen) atoms. The van der Waals surface area contributed by atoms with Gasteiger partial charge in [0.2, 0.25) is 5.91 Å². The van der Waals surface area contributed by atoms with E-state index in [1.807, 2.05) is 57.2 Å². The van der Waals surface area contributed by atoms with Crippen molar-refractivity contribution in [3.8, 4) is 28.8 Å². The maximum atomic E-state index is 11.8. The molecule has 1 heterocycles. The molecule has 0 fully saturated rings. The lowest BCUT2D eigenvalue weighted by molar-refractivity contribution is -0.123.